The third-order valence-electron chi connectivity index (χ3n) is 3.73. The van der Waals surface area contributed by atoms with Crippen molar-refractivity contribution in [3.63, 3.8) is 0 Å². The third kappa shape index (κ3) is 3.19. The van der Waals surface area contributed by atoms with Crippen molar-refractivity contribution in [2.45, 2.75) is 44.7 Å². The van der Waals surface area contributed by atoms with Crippen LogP contribution in [-0.2, 0) is 4.79 Å². The quantitative estimate of drug-likeness (QED) is 0.724. The van der Waals surface area contributed by atoms with Gasteiger partial charge in [0.15, 0.2) is 0 Å². The molecule has 92 valence electrons. The molecule has 2 atom stereocenters. The van der Waals surface area contributed by atoms with Crippen LogP contribution in [0.1, 0.15) is 32.6 Å². The zero-order chi connectivity index (χ0) is 11.5. The van der Waals surface area contributed by atoms with E-state index in [-0.39, 0.29) is 5.91 Å². The molecule has 16 heavy (non-hydrogen) atoms. The van der Waals surface area contributed by atoms with Crippen LogP contribution in [0.3, 0.4) is 0 Å². The van der Waals surface area contributed by atoms with E-state index >= 15 is 0 Å². The van der Waals surface area contributed by atoms with Crippen molar-refractivity contribution in [2.75, 3.05) is 19.6 Å². The molecule has 4 heteroatoms. The second-order valence-electron chi connectivity index (χ2n) is 5.30. The van der Waals surface area contributed by atoms with Crippen molar-refractivity contribution in [2.24, 2.45) is 11.7 Å². The molecule has 1 amide bonds. The number of hydrogen-bond donors (Lipinski definition) is 2. The molecule has 0 aromatic rings. The molecule has 0 aromatic carbocycles. The first-order chi connectivity index (χ1) is 7.69. The number of nitrogens with two attached hydrogens (primary N) is 1. The maximum absolute atomic E-state index is 11.7. The number of piperidine rings is 1. The van der Waals surface area contributed by atoms with Gasteiger partial charge >= 0.3 is 0 Å². The molecule has 2 fully saturated rings. The zero-order valence-corrected chi connectivity index (χ0v) is 10.1. The summed E-state index contributed by atoms with van der Waals surface area (Å²) in [4.78, 5) is 14.0. The zero-order valence-electron chi connectivity index (χ0n) is 10.1. The average molecular weight is 225 g/mol. The van der Waals surface area contributed by atoms with E-state index in [9.17, 15) is 4.79 Å². The minimum absolute atomic E-state index is 0.187. The molecule has 1 aliphatic heterocycles. The van der Waals surface area contributed by atoms with Gasteiger partial charge in [-0.1, -0.05) is 0 Å². The van der Waals surface area contributed by atoms with Crippen LogP contribution in [0.25, 0.3) is 0 Å². The fourth-order valence-electron chi connectivity index (χ4n) is 2.36. The van der Waals surface area contributed by atoms with E-state index < -0.39 is 0 Å². The van der Waals surface area contributed by atoms with Gasteiger partial charge in [0.25, 0.3) is 0 Å². The molecular formula is C12H23N3O. The van der Waals surface area contributed by atoms with Gasteiger partial charge in [0.2, 0.25) is 5.91 Å². The molecular weight excluding hydrogens is 202 g/mol. The van der Waals surface area contributed by atoms with E-state index in [0.717, 1.165) is 25.9 Å². The number of hydrogen-bond acceptors (Lipinski definition) is 3. The Hall–Kier alpha value is -0.610. The lowest BCUT2D eigenvalue weighted by molar-refractivity contribution is -0.123. The van der Waals surface area contributed by atoms with Crippen molar-refractivity contribution in [3.05, 3.63) is 0 Å². The topological polar surface area (TPSA) is 58.4 Å². The molecule has 1 saturated heterocycles. The van der Waals surface area contributed by atoms with E-state index in [1.54, 1.807) is 0 Å². The molecule has 2 aliphatic rings. The van der Waals surface area contributed by atoms with Gasteiger partial charge in [0.05, 0.1) is 6.54 Å². The largest absolute Gasteiger partial charge is 0.352 e. The molecule has 2 unspecified atom stereocenters. The fourth-order valence-corrected chi connectivity index (χ4v) is 2.36. The van der Waals surface area contributed by atoms with Crippen molar-refractivity contribution in [1.82, 2.24) is 10.2 Å². The van der Waals surface area contributed by atoms with Crippen LogP contribution in [-0.4, -0.2) is 42.5 Å². The molecule has 2 rings (SSSR count). The van der Waals surface area contributed by atoms with Gasteiger partial charge in [-0.05, 0) is 45.1 Å². The fraction of sp³-hybridized carbons (Fsp3) is 0.917. The summed E-state index contributed by atoms with van der Waals surface area (Å²) in [5.41, 5.74) is 5.71. The lowest BCUT2D eigenvalue weighted by atomic mass is 9.93. The van der Waals surface area contributed by atoms with Crippen molar-refractivity contribution in [3.8, 4) is 0 Å². The monoisotopic (exact) mass is 225 g/mol. The smallest absolute Gasteiger partial charge is 0.234 e. The first kappa shape index (κ1) is 11.9. The number of rotatable bonds is 4. The lowest BCUT2D eigenvalue weighted by Crippen LogP contribution is -2.48. The van der Waals surface area contributed by atoms with Gasteiger partial charge in [0.1, 0.15) is 0 Å². The molecule has 0 aromatic heterocycles. The molecule has 1 saturated carbocycles. The minimum Gasteiger partial charge on any atom is -0.352 e. The van der Waals surface area contributed by atoms with Gasteiger partial charge < -0.3 is 11.1 Å². The Bertz CT molecular complexity index is 253. The van der Waals surface area contributed by atoms with E-state index in [0.29, 0.717) is 24.5 Å². The number of nitrogens with one attached hydrogen (secondary N) is 1. The number of amides is 1. The van der Waals surface area contributed by atoms with Gasteiger partial charge in [-0.3, -0.25) is 9.69 Å². The van der Waals surface area contributed by atoms with Gasteiger partial charge in [-0.15, -0.1) is 0 Å². The van der Waals surface area contributed by atoms with Gasteiger partial charge in [0, 0.05) is 18.6 Å². The van der Waals surface area contributed by atoms with Crippen molar-refractivity contribution < 1.29 is 4.79 Å². The Morgan fingerprint density at radius 2 is 2.12 bits per heavy atom. The highest BCUT2D eigenvalue weighted by atomic mass is 16.2. The number of carbonyl (C=O) groups is 1. The summed E-state index contributed by atoms with van der Waals surface area (Å²) < 4.78 is 0. The average Bonchev–Trinajstić information content (AvgIpc) is 3.05. The highest BCUT2D eigenvalue weighted by Gasteiger charge is 2.28. The van der Waals surface area contributed by atoms with Gasteiger partial charge in [-0.25, -0.2) is 0 Å². The summed E-state index contributed by atoms with van der Waals surface area (Å²) in [7, 11) is 0. The van der Waals surface area contributed by atoms with E-state index in [4.69, 9.17) is 5.73 Å². The Labute approximate surface area is 97.6 Å². The predicted molar refractivity (Wildman–Crippen MR) is 64.0 cm³/mol. The predicted octanol–water partition coefficient (Wildman–Crippen LogP) is 0.324. The highest BCUT2D eigenvalue weighted by molar-refractivity contribution is 5.78. The van der Waals surface area contributed by atoms with Crippen LogP contribution in [0.5, 0.6) is 0 Å². The SMILES string of the molecule is CC1CCC(CN)CN1CC(=O)NC1CC1. The van der Waals surface area contributed by atoms with Gasteiger partial charge in [-0.2, -0.15) is 0 Å². The van der Waals surface area contributed by atoms with E-state index in [1.165, 1.54) is 12.8 Å². The first-order valence-electron chi connectivity index (χ1n) is 6.42. The summed E-state index contributed by atoms with van der Waals surface area (Å²) in [6, 6.07) is 0.991. The van der Waals surface area contributed by atoms with Crippen molar-refractivity contribution >= 4 is 5.91 Å². The molecule has 0 radical (unpaired) electrons. The lowest BCUT2D eigenvalue weighted by Gasteiger charge is -2.37. The summed E-state index contributed by atoms with van der Waals surface area (Å²) in [6.07, 6.45) is 4.69. The normalized spacial score (nSPS) is 31.4. The Morgan fingerprint density at radius 1 is 1.38 bits per heavy atom. The first-order valence-corrected chi connectivity index (χ1v) is 6.42. The summed E-state index contributed by atoms with van der Waals surface area (Å²) in [5, 5.41) is 3.04. The Kier molecular flexibility index (Phi) is 3.82. The molecule has 3 N–H and O–H groups in total. The van der Waals surface area contributed by atoms with Crippen molar-refractivity contribution in [1.29, 1.82) is 0 Å². The highest BCUT2D eigenvalue weighted by Crippen LogP contribution is 2.21. The van der Waals surface area contributed by atoms with E-state index in [1.807, 2.05) is 0 Å². The van der Waals surface area contributed by atoms with Crippen LogP contribution in [0.15, 0.2) is 0 Å². The van der Waals surface area contributed by atoms with Crippen LogP contribution >= 0.6 is 0 Å². The van der Waals surface area contributed by atoms with Crippen LogP contribution in [0, 0.1) is 5.92 Å². The van der Waals surface area contributed by atoms with Crippen LogP contribution in [0.2, 0.25) is 0 Å². The summed E-state index contributed by atoms with van der Waals surface area (Å²) >= 11 is 0. The summed E-state index contributed by atoms with van der Waals surface area (Å²) in [6.45, 7) is 4.48. The third-order valence-corrected chi connectivity index (χ3v) is 3.73. The summed E-state index contributed by atoms with van der Waals surface area (Å²) in [5.74, 6) is 0.761. The maximum Gasteiger partial charge on any atom is 0.234 e. The number of nitrogens with zero attached hydrogens (tertiary/aromatic N) is 1. The molecule has 0 bridgehead atoms. The van der Waals surface area contributed by atoms with Crippen LogP contribution < -0.4 is 11.1 Å². The Balaban J connectivity index is 1.78. The molecule has 1 heterocycles. The maximum atomic E-state index is 11.7. The standard InChI is InChI=1S/C12H23N3O/c1-9-2-3-10(6-13)7-15(9)8-12(16)14-11-4-5-11/h9-11H,2-8,13H2,1H3,(H,14,16). The van der Waals surface area contributed by atoms with E-state index in [2.05, 4.69) is 17.1 Å². The minimum atomic E-state index is 0.187. The Morgan fingerprint density at radius 3 is 2.75 bits per heavy atom. The number of carbonyl (C=O) groups excluding carboxylic acids is 1. The molecule has 0 spiro atoms. The molecule has 1 aliphatic carbocycles. The molecule has 4 nitrogen and oxygen atoms in total. The second kappa shape index (κ2) is 5.15. The second-order valence-corrected chi connectivity index (χ2v) is 5.30. The number of likely N-dealkylation sites (tertiary alicyclic amines) is 1. The van der Waals surface area contributed by atoms with Crippen LogP contribution in [0.4, 0.5) is 0 Å².